The number of ether oxygens (including phenoxy) is 3. The molecule has 28 heavy (non-hydrogen) atoms. The molecule has 3 aliphatic heterocycles. The van der Waals surface area contributed by atoms with E-state index < -0.39 is 17.4 Å². The molecule has 1 amide bonds. The fourth-order valence-electron chi connectivity index (χ4n) is 3.67. The molecule has 0 radical (unpaired) electrons. The highest BCUT2D eigenvalue weighted by Gasteiger charge is 2.58. The van der Waals surface area contributed by atoms with E-state index >= 15 is 0 Å². The molecule has 1 atom stereocenters. The van der Waals surface area contributed by atoms with E-state index in [9.17, 15) is 14.4 Å². The Morgan fingerprint density at radius 3 is 2.86 bits per heavy atom. The van der Waals surface area contributed by atoms with Crippen LogP contribution >= 0.6 is 11.8 Å². The predicted molar refractivity (Wildman–Crippen MR) is 99.6 cm³/mol. The van der Waals surface area contributed by atoms with Gasteiger partial charge in [-0.3, -0.25) is 14.5 Å². The molecule has 0 bridgehead atoms. The molecule has 3 aliphatic rings. The van der Waals surface area contributed by atoms with E-state index in [1.807, 2.05) is 24.3 Å². The van der Waals surface area contributed by atoms with Crippen LogP contribution in [0.25, 0.3) is 0 Å². The summed E-state index contributed by atoms with van der Waals surface area (Å²) in [5.74, 6) is 0.0300. The van der Waals surface area contributed by atoms with E-state index in [0.29, 0.717) is 29.2 Å². The van der Waals surface area contributed by atoms with Crippen LogP contribution < -0.4 is 14.4 Å². The second kappa shape index (κ2) is 6.27. The van der Waals surface area contributed by atoms with E-state index in [2.05, 4.69) is 0 Å². The van der Waals surface area contributed by atoms with E-state index in [-0.39, 0.29) is 24.9 Å². The molecule has 0 saturated carbocycles. The van der Waals surface area contributed by atoms with E-state index in [4.69, 9.17) is 14.2 Å². The average Bonchev–Trinajstić information content (AvgIpc) is 3.39. The maximum Gasteiger partial charge on any atom is 0.343 e. The number of carbonyl (C=O) groups excluding carboxylic acids is 3. The number of benzene rings is 2. The monoisotopic (exact) mass is 397 g/mol. The van der Waals surface area contributed by atoms with Crippen LogP contribution in [0.2, 0.25) is 0 Å². The zero-order chi connectivity index (χ0) is 19.3. The Bertz CT molecular complexity index is 1020. The smallest absolute Gasteiger partial charge is 0.343 e. The van der Waals surface area contributed by atoms with Crippen LogP contribution in [0.15, 0.2) is 47.4 Å². The number of esters is 1. The standard InChI is InChI=1S/C20H15NO6S/c22-14(12-5-6-15-16(9-12)27-11-26-15)10-25-19(24)20-8-7-18(23)21(20)13-3-1-2-4-17(13)28-20/h1-6,9H,7-8,10-11H2/t20-/m0/s1. The number of rotatable bonds is 4. The van der Waals surface area contributed by atoms with Crippen molar-refractivity contribution >= 4 is 35.1 Å². The minimum absolute atomic E-state index is 0.114. The zero-order valence-electron chi connectivity index (χ0n) is 14.7. The summed E-state index contributed by atoms with van der Waals surface area (Å²) in [6.07, 6.45) is 0.620. The maximum absolute atomic E-state index is 13.0. The highest BCUT2D eigenvalue weighted by Crippen LogP contribution is 2.56. The Morgan fingerprint density at radius 1 is 1.14 bits per heavy atom. The molecule has 5 rings (SSSR count). The predicted octanol–water partition coefficient (Wildman–Crippen LogP) is 2.77. The number of nitrogens with zero attached hydrogens (tertiary/aromatic N) is 1. The molecule has 2 aromatic rings. The highest BCUT2D eigenvalue weighted by atomic mass is 32.2. The minimum Gasteiger partial charge on any atom is -0.455 e. The normalized spacial score (nSPS) is 21.4. The summed E-state index contributed by atoms with van der Waals surface area (Å²) in [5, 5.41) is 0. The molecular weight excluding hydrogens is 382 g/mol. The summed E-state index contributed by atoms with van der Waals surface area (Å²) in [7, 11) is 0. The molecule has 0 N–H and O–H groups in total. The molecule has 8 heteroatoms. The highest BCUT2D eigenvalue weighted by molar-refractivity contribution is 8.02. The van der Waals surface area contributed by atoms with Gasteiger partial charge in [-0.25, -0.2) is 4.79 Å². The molecule has 2 aromatic carbocycles. The van der Waals surface area contributed by atoms with Crippen molar-refractivity contribution in [2.45, 2.75) is 22.6 Å². The van der Waals surface area contributed by atoms with Gasteiger partial charge in [0.15, 0.2) is 28.8 Å². The van der Waals surface area contributed by atoms with Gasteiger partial charge in [-0.2, -0.15) is 0 Å². The first-order chi connectivity index (χ1) is 13.6. The van der Waals surface area contributed by atoms with Crippen molar-refractivity contribution in [1.82, 2.24) is 0 Å². The first-order valence-electron chi connectivity index (χ1n) is 8.80. The van der Waals surface area contributed by atoms with Crippen molar-refractivity contribution in [3.8, 4) is 11.5 Å². The molecule has 0 aromatic heterocycles. The molecule has 0 aliphatic carbocycles. The summed E-state index contributed by atoms with van der Waals surface area (Å²) in [4.78, 5) is 39.1. The van der Waals surface area contributed by atoms with Gasteiger partial charge < -0.3 is 14.2 Å². The molecule has 142 valence electrons. The number of para-hydroxylation sites is 1. The van der Waals surface area contributed by atoms with Crippen LogP contribution in [-0.2, 0) is 14.3 Å². The molecular formula is C20H15NO6S. The van der Waals surface area contributed by atoms with Crippen LogP contribution in [-0.4, -0.2) is 35.9 Å². The van der Waals surface area contributed by atoms with Crippen molar-refractivity contribution in [3.63, 3.8) is 0 Å². The third-order valence-corrected chi connectivity index (χ3v) is 6.48. The fourth-order valence-corrected chi connectivity index (χ4v) is 5.08. The van der Waals surface area contributed by atoms with Gasteiger partial charge in [0, 0.05) is 23.3 Å². The van der Waals surface area contributed by atoms with Crippen LogP contribution in [0.4, 0.5) is 5.69 Å². The Kier molecular flexibility index (Phi) is 3.83. The Hall–Kier alpha value is -3.00. The van der Waals surface area contributed by atoms with Gasteiger partial charge >= 0.3 is 5.97 Å². The van der Waals surface area contributed by atoms with Gasteiger partial charge in [0.05, 0.1) is 5.69 Å². The summed E-state index contributed by atoms with van der Waals surface area (Å²) < 4.78 is 15.9. The van der Waals surface area contributed by atoms with Crippen LogP contribution in [0.3, 0.4) is 0 Å². The number of ketones is 1. The van der Waals surface area contributed by atoms with Gasteiger partial charge in [-0.1, -0.05) is 23.9 Å². The molecule has 3 heterocycles. The number of anilines is 1. The molecule has 1 fully saturated rings. The van der Waals surface area contributed by atoms with E-state index in [0.717, 1.165) is 4.90 Å². The lowest BCUT2D eigenvalue weighted by molar-refractivity contribution is -0.145. The van der Waals surface area contributed by atoms with E-state index in [1.54, 1.807) is 18.2 Å². The van der Waals surface area contributed by atoms with Crippen molar-refractivity contribution in [2.75, 3.05) is 18.3 Å². The number of carbonyl (C=O) groups is 3. The summed E-state index contributed by atoms with van der Waals surface area (Å²) in [6.45, 7) is -0.286. The molecule has 7 nitrogen and oxygen atoms in total. The van der Waals surface area contributed by atoms with Gasteiger partial charge in [-0.05, 0) is 30.3 Å². The number of Topliss-reactive ketones (excluding diaryl/α,β-unsaturated/α-hetero) is 1. The lowest BCUT2D eigenvalue weighted by Gasteiger charge is -2.28. The number of amides is 1. The molecule has 0 spiro atoms. The topological polar surface area (TPSA) is 82.1 Å². The van der Waals surface area contributed by atoms with Gasteiger partial charge in [0.25, 0.3) is 0 Å². The van der Waals surface area contributed by atoms with Gasteiger partial charge in [0.1, 0.15) is 0 Å². The van der Waals surface area contributed by atoms with Gasteiger partial charge in [-0.15, -0.1) is 0 Å². The number of fused-ring (bicyclic) bond motifs is 4. The van der Waals surface area contributed by atoms with Crippen LogP contribution in [0.1, 0.15) is 23.2 Å². The Labute approximate surface area is 164 Å². The minimum atomic E-state index is -1.13. The summed E-state index contributed by atoms with van der Waals surface area (Å²) in [5.41, 5.74) is 1.09. The largest absolute Gasteiger partial charge is 0.455 e. The van der Waals surface area contributed by atoms with Crippen molar-refractivity contribution in [1.29, 1.82) is 0 Å². The number of thioether (sulfide) groups is 1. The second-order valence-electron chi connectivity index (χ2n) is 6.65. The zero-order valence-corrected chi connectivity index (χ0v) is 15.5. The maximum atomic E-state index is 13.0. The fraction of sp³-hybridized carbons (Fsp3) is 0.250. The number of hydrogen-bond acceptors (Lipinski definition) is 7. The van der Waals surface area contributed by atoms with E-state index in [1.165, 1.54) is 16.7 Å². The Morgan fingerprint density at radius 2 is 1.96 bits per heavy atom. The van der Waals surface area contributed by atoms with Crippen LogP contribution in [0.5, 0.6) is 11.5 Å². The second-order valence-corrected chi connectivity index (χ2v) is 7.97. The number of hydrogen-bond donors (Lipinski definition) is 0. The molecule has 0 unspecified atom stereocenters. The lowest BCUT2D eigenvalue weighted by Crippen LogP contribution is -2.48. The first kappa shape index (κ1) is 17.1. The van der Waals surface area contributed by atoms with Crippen molar-refractivity contribution in [2.24, 2.45) is 0 Å². The van der Waals surface area contributed by atoms with Crippen molar-refractivity contribution in [3.05, 3.63) is 48.0 Å². The third kappa shape index (κ3) is 2.48. The Balaban J connectivity index is 1.33. The van der Waals surface area contributed by atoms with Gasteiger partial charge in [0.2, 0.25) is 12.7 Å². The van der Waals surface area contributed by atoms with Crippen LogP contribution in [0, 0.1) is 0 Å². The first-order valence-corrected chi connectivity index (χ1v) is 9.61. The third-order valence-electron chi connectivity index (χ3n) is 5.02. The average molecular weight is 397 g/mol. The summed E-state index contributed by atoms with van der Waals surface area (Å²) >= 11 is 1.31. The van der Waals surface area contributed by atoms with Crippen molar-refractivity contribution < 1.29 is 28.6 Å². The SMILES string of the molecule is O=C(COC(=O)[C@@]12CCC(=O)N1c1ccccc1S2)c1ccc2c(c1)OCO2. The molecule has 1 saturated heterocycles. The quantitative estimate of drug-likeness (QED) is 0.580. The summed E-state index contributed by atoms with van der Waals surface area (Å²) in [6, 6.07) is 12.2. The lowest BCUT2D eigenvalue weighted by atomic mass is 10.1.